The maximum Gasteiger partial charge on any atom is 0.238 e. The number of aliphatic hydroxyl groups is 1. The van der Waals surface area contributed by atoms with E-state index in [1.54, 1.807) is 24.4 Å². The minimum absolute atomic E-state index is 0.00147. The lowest BCUT2D eigenvalue weighted by Crippen LogP contribution is -2.29. The number of nitrogens with two attached hydrogens (primary N) is 1. The third-order valence-corrected chi connectivity index (χ3v) is 7.03. The van der Waals surface area contributed by atoms with Crippen LogP contribution in [0.4, 0.5) is 11.6 Å². The van der Waals surface area contributed by atoms with Gasteiger partial charge >= 0.3 is 0 Å². The zero-order valence-electron chi connectivity index (χ0n) is 19.0. The van der Waals surface area contributed by atoms with Crippen LogP contribution in [0.15, 0.2) is 71.9 Å². The normalized spacial score (nSPS) is 15.4. The zero-order valence-corrected chi connectivity index (χ0v) is 19.8. The van der Waals surface area contributed by atoms with Gasteiger partial charge in [-0.05, 0) is 68.1 Å². The lowest BCUT2D eigenvalue weighted by molar-refractivity contribution is 0.0610. The number of nitrogens with zero attached hydrogens (tertiary/aromatic N) is 3. The van der Waals surface area contributed by atoms with Crippen LogP contribution in [-0.4, -0.2) is 33.7 Å². The molecule has 0 aliphatic heterocycles. The van der Waals surface area contributed by atoms with E-state index in [0.717, 1.165) is 48.6 Å². The van der Waals surface area contributed by atoms with E-state index in [2.05, 4.69) is 27.1 Å². The number of anilines is 2. The highest BCUT2D eigenvalue weighted by Crippen LogP contribution is 2.28. The van der Waals surface area contributed by atoms with Gasteiger partial charge in [0, 0.05) is 29.0 Å². The Morgan fingerprint density at radius 1 is 1.06 bits per heavy atom. The van der Waals surface area contributed by atoms with E-state index in [4.69, 9.17) is 5.14 Å². The van der Waals surface area contributed by atoms with Gasteiger partial charge < -0.3 is 15.0 Å². The molecule has 0 saturated heterocycles. The summed E-state index contributed by atoms with van der Waals surface area (Å²) in [5, 5.41) is 20.0. The molecule has 0 unspecified atom stereocenters. The van der Waals surface area contributed by atoms with Gasteiger partial charge in [-0.2, -0.15) is 4.98 Å². The van der Waals surface area contributed by atoms with E-state index in [9.17, 15) is 13.5 Å². The number of fused-ring (bicyclic) bond motifs is 1. The van der Waals surface area contributed by atoms with E-state index in [1.807, 2.05) is 35.0 Å². The quantitative estimate of drug-likeness (QED) is 0.376. The van der Waals surface area contributed by atoms with Crippen molar-refractivity contribution in [1.82, 2.24) is 14.5 Å². The summed E-state index contributed by atoms with van der Waals surface area (Å²) in [6.07, 6.45) is 8.14. The SMILES string of the molecule is NS(=O)(=O)c1cccc(Nc2nccc(-n3ccc4ccc(C#CC5(O)CCCCC5)cc43)n2)c1. The number of sulfonamides is 1. The molecule has 2 aromatic heterocycles. The highest BCUT2D eigenvalue weighted by molar-refractivity contribution is 7.89. The maximum atomic E-state index is 11.6. The smallest absolute Gasteiger partial charge is 0.238 e. The second-order valence-corrected chi connectivity index (χ2v) is 10.3. The number of aromatic nitrogens is 3. The summed E-state index contributed by atoms with van der Waals surface area (Å²) in [5.74, 6) is 7.20. The Hall–Kier alpha value is -3.71. The number of nitrogens with one attached hydrogen (secondary N) is 1. The molecule has 1 aliphatic carbocycles. The third-order valence-electron chi connectivity index (χ3n) is 6.12. The summed E-state index contributed by atoms with van der Waals surface area (Å²) in [7, 11) is -3.82. The first-order chi connectivity index (χ1) is 16.8. The molecule has 1 saturated carbocycles. The predicted molar refractivity (Wildman–Crippen MR) is 135 cm³/mol. The van der Waals surface area contributed by atoms with Gasteiger partial charge in [-0.25, -0.2) is 18.5 Å². The van der Waals surface area contributed by atoms with Crippen LogP contribution in [0, 0.1) is 11.8 Å². The molecule has 2 aromatic carbocycles. The molecule has 1 aliphatic rings. The molecule has 8 nitrogen and oxygen atoms in total. The predicted octanol–water partition coefficient (Wildman–Crippen LogP) is 3.86. The van der Waals surface area contributed by atoms with Gasteiger partial charge in [0.15, 0.2) is 0 Å². The van der Waals surface area contributed by atoms with Crippen molar-refractivity contribution in [3.8, 4) is 17.7 Å². The van der Waals surface area contributed by atoms with E-state index in [-0.39, 0.29) is 4.90 Å². The molecule has 5 rings (SSSR count). The van der Waals surface area contributed by atoms with Crippen molar-refractivity contribution in [1.29, 1.82) is 0 Å². The fourth-order valence-corrected chi connectivity index (χ4v) is 4.84. The topological polar surface area (TPSA) is 123 Å². The molecule has 4 aromatic rings. The highest BCUT2D eigenvalue weighted by Gasteiger charge is 2.26. The van der Waals surface area contributed by atoms with Crippen molar-refractivity contribution in [3.63, 3.8) is 0 Å². The Bertz CT molecular complexity index is 1560. The van der Waals surface area contributed by atoms with Gasteiger partial charge in [0.1, 0.15) is 11.4 Å². The van der Waals surface area contributed by atoms with Crippen LogP contribution in [0.5, 0.6) is 0 Å². The Kier molecular flexibility index (Phi) is 6.03. The summed E-state index contributed by atoms with van der Waals surface area (Å²) in [6, 6.07) is 15.9. The van der Waals surface area contributed by atoms with E-state index in [0.29, 0.717) is 17.5 Å². The lowest BCUT2D eigenvalue weighted by atomic mass is 9.85. The van der Waals surface area contributed by atoms with Crippen molar-refractivity contribution in [2.75, 3.05) is 5.32 Å². The summed E-state index contributed by atoms with van der Waals surface area (Å²) >= 11 is 0. The number of benzene rings is 2. The Labute approximate surface area is 203 Å². The monoisotopic (exact) mass is 487 g/mol. The summed E-state index contributed by atoms with van der Waals surface area (Å²) < 4.78 is 25.2. The van der Waals surface area contributed by atoms with Crippen LogP contribution in [0.25, 0.3) is 16.7 Å². The fourth-order valence-electron chi connectivity index (χ4n) is 4.28. The molecule has 35 heavy (non-hydrogen) atoms. The Morgan fingerprint density at radius 3 is 2.69 bits per heavy atom. The summed E-state index contributed by atoms with van der Waals surface area (Å²) in [5.41, 5.74) is 1.35. The minimum Gasteiger partial charge on any atom is -0.378 e. The first-order valence-corrected chi connectivity index (χ1v) is 12.9. The molecule has 2 heterocycles. The van der Waals surface area contributed by atoms with Crippen molar-refractivity contribution in [2.24, 2.45) is 5.14 Å². The molecule has 0 radical (unpaired) electrons. The van der Waals surface area contributed by atoms with Crippen molar-refractivity contribution in [3.05, 3.63) is 72.6 Å². The second kappa shape index (κ2) is 9.15. The van der Waals surface area contributed by atoms with Crippen molar-refractivity contribution in [2.45, 2.75) is 42.6 Å². The van der Waals surface area contributed by atoms with Crippen LogP contribution < -0.4 is 10.5 Å². The second-order valence-electron chi connectivity index (χ2n) is 8.74. The molecule has 0 spiro atoms. The third kappa shape index (κ3) is 5.20. The number of hydrogen-bond donors (Lipinski definition) is 3. The largest absolute Gasteiger partial charge is 0.378 e. The standard InChI is InChI=1S/C26H25N5O3S/c27-35(33,34)22-6-4-5-21(18-22)29-25-28-15-10-24(30-25)31-16-11-20-8-7-19(17-23(20)31)9-14-26(32)12-2-1-3-13-26/h4-8,10-11,15-18,32H,1-3,12-13H2,(H2,27,33,34)(H,28,29,30). The number of rotatable bonds is 4. The van der Waals surface area contributed by atoms with Crippen LogP contribution >= 0.6 is 0 Å². The molecule has 9 heteroatoms. The molecular formula is C26H25N5O3S. The molecular weight excluding hydrogens is 462 g/mol. The average molecular weight is 488 g/mol. The van der Waals surface area contributed by atoms with Crippen molar-refractivity contribution < 1.29 is 13.5 Å². The molecule has 1 fully saturated rings. The lowest BCUT2D eigenvalue weighted by Gasteiger charge is -2.26. The fraction of sp³-hybridized carbons (Fsp3) is 0.231. The van der Waals surface area contributed by atoms with E-state index in [1.165, 1.54) is 12.1 Å². The van der Waals surface area contributed by atoms with Gasteiger partial charge in [-0.3, -0.25) is 0 Å². The minimum atomic E-state index is -3.82. The summed E-state index contributed by atoms with van der Waals surface area (Å²) in [4.78, 5) is 8.85. The molecule has 4 N–H and O–H groups in total. The highest BCUT2D eigenvalue weighted by atomic mass is 32.2. The Balaban J connectivity index is 1.44. The molecule has 0 bridgehead atoms. The maximum absolute atomic E-state index is 11.6. The number of hydrogen-bond acceptors (Lipinski definition) is 6. The van der Waals surface area contributed by atoms with Crippen LogP contribution in [0.2, 0.25) is 0 Å². The first-order valence-electron chi connectivity index (χ1n) is 11.4. The van der Waals surface area contributed by atoms with Gasteiger partial charge in [0.2, 0.25) is 16.0 Å². The average Bonchev–Trinajstić information content (AvgIpc) is 3.27. The van der Waals surface area contributed by atoms with Crippen LogP contribution in [-0.2, 0) is 10.0 Å². The van der Waals surface area contributed by atoms with Gasteiger partial charge in [0.25, 0.3) is 0 Å². The summed E-state index contributed by atoms with van der Waals surface area (Å²) in [6.45, 7) is 0. The van der Waals surface area contributed by atoms with Gasteiger partial charge in [0.05, 0.1) is 10.4 Å². The van der Waals surface area contributed by atoms with E-state index < -0.39 is 15.6 Å². The molecule has 0 amide bonds. The van der Waals surface area contributed by atoms with Crippen LogP contribution in [0.1, 0.15) is 37.7 Å². The zero-order chi connectivity index (χ0) is 24.5. The van der Waals surface area contributed by atoms with E-state index >= 15 is 0 Å². The molecule has 0 atom stereocenters. The first kappa shape index (κ1) is 23.1. The Morgan fingerprint density at radius 2 is 1.89 bits per heavy atom. The van der Waals surface area contributed by atoms with Crippen LogP contribution in [0.3, 0.4) is 0 Å². The van der Waals surface area contributed by atoms with Gasteiger partial charge in [-0.1, -0.05) is 30.4 Å². The molecule has 178 valence electrons. The number of primary sulfonamides is 1. The van der Waals surface area contributed by atoms with Gasteiger partial charge in [-0.15, -0.1) is 0 Å². The van der Waals surface area contributed by atoms with Crippen molar-refractivity contribution >= 4 is 32.6 Å².